The van der Waals surface area contributed by atoms with Crippen LogP contribution < -0.4 is 17.2 Å². The van der Waals surface area contributed by atoms with Gasteiger partial charge in [-0.1, -0.05) is 24.3 Å². The van der Waals surface area contributed by atoms with Gasteiger partial charge in [0, 0.05) is 35.8 Å². The number of nitrogens with two attached hydrogens (primary N) is 3. The molecule has 0 spiro atoms. The van der Waals surface area contributed by atoms with Gasteiger partial charge in [0.15, 0.2) is 5.78 Å². The zero-order valence-electron chi connectivity index (χ0n) is 13.6. The molecule has 1 fully saturated rings. The van der Waals surface area contributed by atoms with Crippen molar-refractivity contribution in [3.8, 4) is 0 Å². The first-order valence-corrected chi connectivity index (χ1v) is 8.46. The zero-order chi connectivity index (χ0) is 17.5. The third-order valence-corrected chi connectivity index (χ3v) is 5.60. The van der Waals surface area contributed by atoms with Gasteiger partial charge < -0.3 is 17.2 Å². The van der Waals surface area contributed by atoms with Gasteiger partial charge in [-0.15, -0.1) is 0 Å². The molecule has 3 rings (SSSR count). The Hall–Kier alpha value is -1.63. The van der Waals surface area contributed by atoms with Crippen molar-refractivity contribution < 1.29 is 14.4 Å². The molecule has 6 N–H and O–H groups in total. The average molecular weight is 330 g/mol. The number of allylic oxidation sites excluding steroid dienone is 2. The highest BCUT2D eigenvalue weighted by molar-refractivity contribution is 5.96. The van der Waals surface area contributed by atoms with Gasteiger partial charge in [-0.3, -0.25) is 14.4 Å². The second-order valence-electron chi connectivity index (χ2n) is 7.44. The van der Waals surface area contributed by atoms with Gasteiger partial charge in [0.2, 0.25) is 6.29 Å². The summed E-state index contributed by atoms with van der Waals surface area (Å²) in [5.74, 6) is -1.98. The molecule has 1 radical (unpaired) electrons. The number of rotatable bonds is 5. The molecule has 6 nitrogen and oxygen atoms in total. The number of hydrogen-bond donors (Lipinski definition) is 3. The Morgan fingerprint density at radius 2 is 1.54 bits per heavy atom. The highest BCUT2D eigenvalue weighted by Crippen LogP contribution is 2.42. The van der Waals surface area contributed by atoms with Crippen molar-refractivity contribution in [3.05, 3.63) is 24.3 Å². The summed E-state index contributed by atoms with van der Waals surface area (Å²) in [6.07, 6.45) is 10.6. The van der Waals surface area contributed by atoms with E-state index < -0.39 is 17.4 Å². The lowest BCUT2D eigenvalue weighted by atomic mass is 9.82. The second-order valence-corrected chi connectivity index (χ2v) is 7.44. The van der Waals surface area contributed by atoms with E-state index in [1.165, 1.54) is 0 Å². The van der Waals surface area contributed by atoms with Gasteiger partial charge in [-0.2, -0.15) is 0 Å². The lowest BCUT2D eigenvalue weighted by Gasteiger charge is -2.26. The van der Waals surface area contributed by atoms with Crippen LogP contribution >= 0.6 is 0 Å². The second kappa shape index (κ2) is 6.35. The largest absolute Gasteiger partial charge is 0.324 e. The van der Waals surface area contributed by atoms with Gasteiger partial charge in [-0.05, 0) is 25.7 Å². The van der Waals surface area contributed by atoms with Crippen LogP contribution in [-0.2, 0) is 14.4 Å². The number of carbonyl (C=O) groups excluding carboxylic acids is 3. The molecular weight excluding hydrogens is 306 g/mol. The Morgan fingerprint density at radius 3 is 2.04 bits per heavy atom. The fourth-order valence-electron chi connectivity index (χ4n) is 4.28. The van der Waals surface area contributed by atoms with Crippen molar-refractivity contribution >= 4 is 17.9 Å². The summed E-state index contributed by atoms with van der Waals surface area (Å²) in [7, 11) is 0. The Balaban J connectivity index is 1.75. The van der Waals surface area contributed by atoms with E-state index in [2.05, 4.69) is 0 Å². The molecule has 0 aromatic rings. The third kappa shape index (κ3) is 3.01. The van der Waals surface area contributed by atoms with E-state index in [0.717, 1.165) is 0 Å². The number of Topliss-reactive ketones (excluding diaryl/α,β-unsaturated/α-hetero) is 2. The molecule has 0 bridgehead atoms. The molecule has 0 aromatic carbocycles. The fourth-order valence-corrected chi connectivity index (χ4v) is 4.28. The Bertz CT molecular complexity index is 615. The van der Waals surface area contributed by atoms with Crippen LogP contribution in [0.2, 0.25) is 0 Å². The third-order valence-electron chi connectivity index (χ3n) is 5.60. The molecule has 0 aliphatic heterocycles. The van der Waals surface area contributed by atoms with Crippen molar-refractivity contribution in [1.82, 2.24) is 0 Å². The van der Waals surface area contributed by atoms with Crippen molar-refractivity contribution in [2.45, 2.75) is 43.3 Å². The smallest absolute Gasteiger partial charge is 0.202 e. The fraction of sp³-hybridized carbons (Fsp3) is 0.611. The van der Waals surface area contributed by atoms with Crippen LogP contribution in [0.5, 0.6) is 0 Å². The van der Waals surface area contributed by atoms with E-state index in [-0.39, 0.29) is 48.3 Å². The quantitative estimate of drug-likeness (QED) is 0.597. The molecule has 6 heteroatoms. The Labute approximate surface area is 141 Å². The summed E-state index contributed by atoms with van der Waals surface area (Å²) >= 11 is 0. The highest BCUT2D eigenvalue weighted by atomic mass is 16.1. The van der Waals surface area contributed by atoms with Gasteiger partial charge in [0.1, 0.15) is 5.78 Å². The first-order valence-electron chi connectivity index (χ1n) is 8.46. The van der Waals surface area contributed by atoms with E-state index >= 15 is 0 Å². The minimum Gasteiger partial charge on any atom is -0.324 e. The first-order chi connectivity index (χ1) is 11.3. The van der Waals surface area contributed by atoms with Crippen LogP contribution in [0.15, 0.2) is 24.3 Å². The maximum atomic E-state index is 12.8. The van der Waals surface area contributed by atoms with Crippen LogP contribution in [0.4, 0.5) is 0 Å². The van der Waals surface area contributed by atoms with Crippen LogP contribution in [0, 0.1) is 23.7 Å². The van der Waals surface area contributed by atoms with E-state index in [4.69, 9.17) is 17.2 Å². The van der Waals surface area contributed by atoms with E-state index in [1.807, 2.05) is 12.4 Å². The summed E-state index contributed by atoms with van der Waals surface area (Å²) in [5.41, 5.74) is 16.8. The summed E-state index contributed by atoms with van der Waals surface area (Å²) in [6, 6.07) is -0.270. The number of hydrogen-bond acceptors (Lipinski definition) is 6. The molecule has 24 heavy (non-hydrogen) atoms. The van der Waals surface area contributed by atoms with Crippen LogP contribution in [0.1, 0.15) is 25.7 Å². The van der Waals surface area contributed by atoms with Crippen molar-refractivity contribution in [2.24, 2.45) is 40.9 Å². The van der Waals surface area contributed by atoms with E-state index in [9.17, 15) is 14.4 Å². The molecule has 0 heterocycles. The van der Waals surface area contributed by atoms with Gasteiger partial charge in [0.25, 0.3) is 0 Å². The summed E-state index contributed by atoms with van der Waals surface area (Å²) in [6.45, 7) is 0. The molecule has 4 unspecified atom stereocenters. The average Bonchev–Trinajstić information content (AvgIpc) is 3.25. The monoisotopic (exact) mass is 330 g/mol. The normalized spacial score (nSPS) is 44.1. The van der Waals surface area contributed by atoms with Crippen LogP contribution in [0.25, 0.3) is 0 Å². The number of ketones is 2. The van der Waals surface area contributed by atoms with Crippen LogP contribution in [0.3, 0.4) is 0 Å². The molecule has 3 aliphatic rings. The van der Waals surface area contributed by atoms with Crippen molar-refractivity contribution in [3.63, 3.8) is 0 Å². The van der Waals surface area contributed by atoms with Crippen molar-refractivity contribution in [1.29, 1.82) is 0 Å². The van der Waals surface area contributed by atoms with Crippen LogP contribution in [-0.4, -0.2) is 35.5 Å². The maximum Gasteiger partial charge on any atom is 0.202 e. The first kappa shape index (κ1) is 17.2. The zero-order valence-corrected chi connectivity index (χ0v) is 13.6. The Morgan fingerprint density at radius 1 is 0.958 bits per heavy atom. The Kier molecular flexibility index (Phi) is 4.55. The molecule has 129 valence electrons. The summed E-state index contributed by atoms with van der Waals surface area (Å²) in [4.78, 5) is 36.9. The molecule has 1 saturated carbocycles. The topological polar surface area (TPSA) is 129 Å². The van der Waals surface area contributed by atoms with Gasteiger partial charge in [-0.25, -0.2) is 0 Å². The molecule has 7 atom stereocenters. The van der Waals surface area contributed by atoms with Crippen molar-refractivity contribution in [2.75, 3.05) is 0 Å². The molecule has 0 aromatic heterocycles. The molecule has 0 amide bonds. The number of carbonyl (C=O) groups is 2. The van der Waals surface area contributed by atoms with Gasteiger partial charge >= 0.3 is 0 Å². The predicted octanol–water partition coefficient (Wildman–Crippen LogP) is -0.235. The van der Waals surface area contributed by atoms with Gasteiger partial charge in [0.05, 0.1) is 5.54 Å². The minimum atomic E-state index is -1.16. The lowest BCUT2D eigenvalue weighted by Crippen LogP contribution is -2.49. The van der Waals surface area contributed by atoms with E-state index in [0.29, 0.717) is 12.8 Å². The summed E-state index contributed by atoms with van der Waals surface area (Å²) in [5, 5.41) is 0. The summed E-state index contributed by atoms with van der Waals surface area (Å²) < 4.78 is 0. The maximum absolute atomic E-state index is 12.8. The lowest BCUT2D eigenvalue weighted by molar-refractivity contribution is -0.127. The predicted molar refractivity (Wildman–Crippen MR) is 89.3 cm³/mol. The molecular formula is C18H24N3O3. The van der Waals surface area contributed by atoms with E-state index in [1.54, 1.807) is 18.2 Å². The molecule has 3 aliphatic carbocycles. The SMILES string of the molecule is NC1C=CC(C(=O)[C@@H]2C[C@](N)(C(=O)C3C=CC(N)C3)C[C@H]2[C]=O)C1. The minimum absolute atomic E-state index is 0.0497. The highest BCUT2D eigenvalue weighted by Gasteiger charge is 2.52. The standard InChI is InChI=1S/C18H24N3O3/c19-13-3-1-10(5-13)16(23)15-8-18(21,7-12(15)9-22)17(24)11-2-4-14(20)6-11/h1-4,10-15H,5-8,19-21H2/t10?,11?,12-,13?,14?,15+,18-/m0/s1. The molecule has 0 saturated heterocycles.